The lowest BCUT2D eigenvalue weighted by molar-refractivity contribution is 0.444. The molecule has 0 unspecified atom stereocenters. The van der Waals surface area contributed by atoms with E-state index in [9.17, 15) is 0 Å². The van der Waals surface area contributed by atoms with Crippen molar-refractivity contribution >= 4 is 39.2 Å². The third kappa shape index (κ3) is 3.90. The summed E-state index contributed by atoms with van der Waals surface area (Å²) in [5, 5.41) is 1.45. The summed E-state index contributed by atoms with van der Waals surface area (Å²) in [7, 11) is 2.02. The predicted molar refractivity (Wildman–Crippen MR) is 124 cm³/mol. The molecule has 6 nitrogen and oxygen atoms in total. The quantitative estimate of drug-likeness (QED) is 0.382. The number of benzene rings is 3. The Morgan fingerprint density at radius 2 is 1.84 bits per heavy atom. The maximum absolute atomic E-state index is 6.22. The summed E-state index contributed by atoms with van der Waals surface area (Å²) >= 11 is 6.22. The number of nitrogens with zero attached hydrogens (tertiary/aromatic N) is 4. The van der Waals surface area contributed by atoms with Crippen LogP contribution in [0.3, 0.4) is 0 Å². The number of imidazole rings is 1. The smallest absolute Gasteiger partial charge is 0.322 e. The summed E-state index contributed by atoms with van der Waals surface area (Å²) < 4.78 is 7.92. The van der Waals surface area contributed by atoms with Crippen molar-refractivity contribution in [3.8, 4) is 11.8 Å². The SMILES string of the molecule is Cn1c(CCc2ccc(Oc3ncc4cccc(Cl)c4n3)cc2)nc2ccc(N)cc21. The highest BCUT2D eigenvalue weighted by molar-refractivity contribution is 6.35. The lowest BCUT2D eigenvalue weighted by Gasteiger charge is -2.07. The highest BCUT2D eigenvalue weighted by Crippen LogP contribution is 2.25. The van der Waals surface area contributed by atoms with E-state index in [2.05, 4.69) is 14.5 Å². The zero-order chi connectivity index (χ0) is 21.4. The van der Waals surface area contributed by atoms with Gasteiger partial charge in [-0.05, 0) is 48.4 Å². The molecule has 5 rings (SSSR count). The van der Waals surface area contributed by atoms with Crippen molar-refractivity contribution in [3.05, 3.63) is 83.3 Å². The minimum Gasteiger partial charge on any atom is -0.424 e. The van der Waals surface area contributed by atoms with Crippen LogP contribution in [0, 0.1) is 0 Å². The number of nitrogen functional groups attached to an aromatic ring is 1. The molecule has 0 aliphatic rings. The average Bonchev–Trinajstić information content (AvgIpc) is 3.09. The number of halogens is 1. The van der Waals surface area contributed by atoms with E-state index >= 15 is 0 Å². The zero-order valence-corrected chi connectivity index (χ0v) is 17.7. The monoisotopic (exact) mass is 429 g/mol. The molecule has 0 saturated carbocycles. The predicted octanol–water partition coefficient (Wildman–Crippen LogP) is 5.33. The van der Waals surface area contributed by atoms with Crippen molar-refractivity contribution in [2.75, 3.05) is 5.73 Å². The van der Waals surface area contributed by atoms with Crippen molar-refractivity contribution in [3.63, 3.8) is 0 Å². The Morgan fingerprint density at radius 1 is 1.00 bits per heavy atom. The summed E-state index contributed by atoms with van der Waals surface area (Å²) in [5.41, 5.74) is 10.5. The first-order valence-corrected chi connectivity index (χ1v) is 10.3. The van der Waals surface area contributed by atoms with Crippen LogP contribution in [0.5, 0.6) is 11.8 Å². The summed E-state index contributed by atoms with van der Waals surface area (Å²) in [6.45, 7) is 0. The number of aromatic nitrogens is 4. The minimum absolute atomic E-state index is 0.271. The highest BCUT2D eigenvalue weighted by Gasteiger charge is 2.09. The van der Waals surface area contributed by atoms with Gasteiger partial charge in [-0.25, -0.2) is 9.97 Å². The van der Waals surface area contributed by atoms with Crippen molar-refractivity contribution < 1.29 is 4.74 Å². The Morgan fingerprint density at radius 3 is 2.68 bits per heavy atom. The molecular weight excluding hydrogens is 410 g/mol. The van der Waals surface area contributed by atoms with Crippen LogP contribution in [0.1, 0.15) is 11.4 Å². The molecule has 0 bridgehead atoms. The highest BCUT2D eigenvalue weighted by atomic mass is 35.5. The van der Waals surface area contributed by atoms with Gasteiger partial charge in [-0.15, -0.1) is 0 Å². The van der Waals surface area contributed by atoms with Gasteiger partial charge in [-0.1, -0.05) is 35.9 Å². The topological polar surface area (TPSA) is 78.8 Å². The molecule has 154 valence electrons. The average molecular weight is 430 g/mol. The van der Waals surface area contributed by atoms with E-state index < -0.39 is 0 Å². The summed E-state index contributed by atoms with van der Waals surface area (Å²) in [4.78, 5) is 13.4. The molecule has 0 amide bonds. The molecule has 0 radical (unpaired) electrons. The lowest BCUT2D eigenvalue weighted by Crippen LogP contribution is -2.00. The molecule has 2 heterocycles. The standard InChI is InChI=1S/C24H20ClN5O/c1-30-21-13-17(26)8-11-20(21)28-22(30)12-7-15-5-9-18(10-6-15)31-24-27-14-16-3-2-4-19(25)23(16)29-24/h2-6,8-11,13-14H,7,12,26H2,1H3. The normalized spacial score (nSPS) is 11.3. The molecule has 3 aromatic carbocycles. The minimum atomic E-state index is 0.271. The van der Waals surface area contributed by atoms with Crippen molar-refractivity contribution in [2.24, 2.45) is 7.05 Å². The van der Waals surface area contributed by atoms with Gasteiger partial charge in [0.05, 0.1) is 21.6 Å². The number of ether oxygens (including phenoxy) is 1. The van der Waals surface area contributed by atoms with Gasteiger partial charge in [-0.3, -0.25) is 0 Å². The van der Waals surface area contributed by atoms with Gasteiger partial charge in [0.15, 0.2) is 0 Å². The maximum atomic E-state index is 6.22. The number of hydrogen-bond acceptors (Lipinski definition) is 5. The van der Waals surface area contributed by atoms with Gasteiger partial charge in [0.1, 0.15) is 11.6 Å². The van der Waals surface area contributed by atoms with E-state index in [1.165, 1.54) is 5.56 Å². The largest absolute Gasteiger partial charge is 0.424 e. The summed E-state index contributed by atoms with van der Waals surface area (Å²) in [6.07, 6.45) is 3.41. The first-order valence-electron chi connectivity index (χ1n) is 9.96. The fraction of sp³-hybridized carbons (Fsp3) is 0.125. The second-order valence-electron chi connectivity index (χ2n) is 7.41. The number of anilines is 1. The maximum Gasteiger partial charge on any atom is 0.322 e. The Hall–Kier alpha value is -3.64. The molecule has 0 fully saturated rings. The Kier molecular flexibility index (Phi) is 4.92. The summed E-state index contributed by atoms with van der Waals surface area (Å²) in [6, 6.07) is 19.6. The molecule has 2 N–H and O–H groups in total. The number of hydrogen-bond donors (Lipinski definition) is 1. The van der Waals surface area contributed by atoms with Gasteiger partial charge in [0.2, 0.25) is 0 Å². The van der Waals surface area contributed by atoms with E-state index in [4.69, 9.17) is 27.1 Å². The second kappa shape index (κ2) is 7.89. The number of para-hydroxylation sites is 1. The lowest BCUT2D eigenvalue weighted by atomic mass is 10.1. The molecule has 0 spiro atoms. The Bertz CT molecular complexity index is 1400. The van der Waals surface area contributed by atoms with E-state index in [0.29, 0.717) is 16.3 Å². The van der Waals surface area contributed by atoms with E-state index in [1.807, 2.05) is 61.6 Å². The molecule has 7 heteroatoms. The number of rotatable bonds is 5. The first kappa shape index (κ1) is 19.3. The third-order valence-electron chi connectivity index (χ3n) is 5.31. The molecule has 2 aromatic heterocycles. The Labute approximate surface area is 184 Å². The first-order chi connectivity index (χ1) is 15.1. The molecule has 0 atom stereocenters. The van der Waals surface area contributed by atoms with Gasteiger partial charge >= 0.3 is 6.01 Å². The Balaban J connectivity index is 1.28. The molecule has 0 saturated heterocycles. The van der Waals surface area contributed by atoms with Gasteiger partial charge in [0.25, 0.3) is 0 Å². The fourth-order valence-corrected chi connectivity index (χ4v) is 3.84. The van der Waals surface area contributed by atoms with Gasteiger partial charge in [0, 0.05) is 30.7 Å². The van der Waals surface area contributed by atoms with E-state index in [0.717, 1.165) is 40.8 Å². The molecule has 0 aliphatic carbocycles. The van der Waals surface area contributed by atoms with Crippen molar-refractivity contribution in [2.45, 2.75) is 12.8 Å². The zero-order valence-electron chi connectivity index (χ0n) is 16.9. The van der Waals surface area contributed by atoms with Gasteiger partial charge < -0.3 is 15.0 Å². The van der Waals surface area contributed by atoms with Gasteiger partial charge in [-0.2, -0.15) is 4.98 Å². The molecular formula is C24H20ClN5O. The van der Waals surface area contributed by atoms with Crippen LogP contribution < -0.4 is 10.5 Å². The molecule has 5 aromatic rings. The van der Waals surface area contributed by atoms with E-state index in [1.54, 1.807) is 12.3 Å². The molecule has 31 heavy (non-hydrogen) atoms. The van der Waals surface area contributed by atoms with Crippen LogP contribution in [0.25, 0.3) is 21.9 Å². The summed E-state index contributed by atoms with van der Waals surface area (Å²) in [5.74, 6) is 1.70. The number of aryl methyl sites for hydroxylation is 3. The third-order valence-corrected chi connectivity index (χ3v) is 5.61. The number of fused-ring (bicyclic) bond motifs is 2. The van der Waals surface area contributed by atoms with Crippen molar-refractivity contribution in [1.29, 1.82) is 0 Å². The van der Waals surface area contributed by atoms with E-state index in [-0.39, 0.29) is 6.01 Å². The van der Waals surface area contributed by atoms with Crippen LogP contribution in [0.4, 0.5) is 5.69 Å². The number of nitrogens with two attached hydrogens (primary N) is 1. The van der Waals surface area contributed by atoms with Crippen LogP contribution in [-0.4, -0.2) is 19.5 Å². The van der Waals surface area contributed by atoms with Crippen LogP contribution in [0.2, 0.25) is 5.02 Å². The molecule has 0 aliphatic heterocycles. The van der Waals surface area contributed by atoms with Crippen molar-refractivity contribution in [1.82, 2.24) is 19.5 Å². The van der Waals surface area contributed by atoms with Crippen LogP contribution >= 0.6 is 11.6 Å². The second-order valence-corrected chi connectivity index (χ2v) is 7.82. The fourth-order valence-electron chi connectivity index (χ4n) is 3.62. The van der Waals surface area contributed by atoms with Crippen LogP contribution in [0.15, 0.2) is 66.9 Å². The van der Waals surface area contributed by atoms with Crippen LogP contribution in [-0.2, 0) is 19.9 Å².